The van der Waals surface area contributed by atoms with Crippen molar-refractivity contribution in [3.05, 3.63) is 51.2 Å². The van der Waals surface area contributed by atoms with Gasteiger partial charge in [0.25, 0.3) is 0 Å². The number of fused-ring (bicyclic) bond motifs is 1. The van der Waals surface area contributed by atoms with Gasteiger partial charge < -0.3 is 5.32 Å². The van der Waals surface area contributed by atoms with E-state index in [0.29, 0.717) is 37.4 Å². The molecule has 0 bridgehead atoms. The second kappa shape index (κ2) is 8.58. The Morgan fingerprint density at radius 1 is 1.10 bits per heavy atom. The molecule has 5 nitrogen and oxygen atoms in total. The van der Waals surface area contributed by atoms with E-state index in [1.54, 1.807) is 21.7 Å². The van der Waals surface area contributed by atoms with Crippen LogP contribution in [-0.4, -0.2) is 31.7 Å². The van der Waals surface area contributed by atoms with Crippen molar-refractivity contribution < 1.29 is 13.2 Å². The van der Waals surface area contributed by atoms with Crippen molar-refractivity contribution in [1.29, 1.82) is 0 Å². The number of hydrogen-bond acceptors (Lipinski definition) is 4. The number of nitrogens with one attached hydrogen (secondary N) is 1. The average molecular weight is 433 g/mol. The Kier molecular flexibility index (Phi) is 6.08. The van der Waals surface area contributed by atoms with Gasteiger partial charge in [-0.2, -0.15) is 4.31 Å². The van der Waals surface area contributed by atoms with Gasteiger partial charge in [0.2, 0.25) is 15.9 Å². The van der Waals surface area contributed by atoms with Gasteiger partial charge in [-0.3, -0.25) is 4.79 Å². The summed E-state index contributed by atoms with van der Waals surface area (Å²) in [6.07, 6.45) is 5.26. The number of hydrogen-bond donors (Lipinski definition) is 1. The molecule has 1 amide bonds. The number of thiophene rings is 1. The summed E-state index contributed by atoms with van der Waals surface area (Å²) in [5, 5.41) is 3.02. The normalized spacial score (nSPS) is 18.0. The van der Waals surface area contributed by atoms with Crippen molar-refractivity contribution in [3.63, 3.8) is 0 Å². The smallest absolute Gasteiger partial charge is 0.243 e. The fraction of sp³-hybridized carbons (Fsp3) is 0.500. The first kappa shape index (κ1) is 20.6. The zero-order chi connectivity index (χ0) is 20.4. The molecule has 7 heteroatoms. The molecule has 156 valence electrons. The molecule has 0 saturated carbocycles. The molecule has 29 heavy (non-hydrogen) atoms. The van der Waals surface area contributed by atoms with E-state index in [1.165, 1.54) is 16.0 Å². The van der Waals surface area contributed by atoms with E-state index in [0.717, 1.165) is 30.6 Å². The van der Waals surface area contributed by atoms with E-state index < -0.39 is 10.0 Å². The number of rotatable bonds is 6. The maximum atomic E-state index is 13.0. The zero-order valence-corrected chi connectivity index (χ0v) is 18.4. The van der Waals surface area contributed by atoms with E-state index in [-0.39, 0.29) is 11.8 Å². The molecule has 0 unspecified atom stereocenters. The molecule has 1 fully saturated rings. The third-order valence-corrected chi connectivity index (χ3v) is 9.16. The summed E-state index contributed by atoms with van der Waals surface area (Å²) in [7, 11) is -3.48. The maximum absolute atomic E-state index is 13.0. The highest BCUT2D eigenvalue weighted by molar-refractivity contribution is 7.89. The predicted molar refractivity (Wildman–Crippen MR) is 115 cm³/mol. The largest absolute Gasteiger partial charge is 0.351 e. The zero-order valence-electron chi connectivity index (χ0n) is 16.8. The number of amides is 1. The number of sulfonamides is 1. The first-order chi connectivity index (χ1) is 14.0. The van der Waals surface area contributed by atoms with Crippen LogP contribution in [0.5, 0.6) is 0 Å². The van der Waals surface area contributed by atoms with Crippen molar-refractivity contribution >= 4 is 27.3 Å². The molecular formula is C22H28N2O3S2. The molecule has 1 saturated heterocycles. The third-order valence-electron chi connectivity index (χ3n) is 6.04. The van der Waals surface area contributed by atoms with Gasteiger partial charge in [0, 0.05) is 28.8 Å². The molecular weight excluding hydrogens is 404 g/mol. The Morgan fingerprint density at radius 2 is 1.83 bits per heavy atom. The van der Waals surface area contributed by atoms with Gasteiger partial charge >= 0.3 is 0 Å². The number of aryl methyl sites for hydroxylation is 3. The van der Waals surface area contributed by atoms with Crippen LogP contribution in [0, 0.1) is 5.92 Å². The Morgan fingerprint density at radius 3 is 2.55 bits per heavy atom. The summed E-state index contributed by atoms with van der Waals surface area (Å²) in [4.78, 5) is 15.4. The van der Waals surface area contributed by atoms with Crippen molar-refractivity contribution in [3.8, 4) is 0 Å². The number of piperidine rings is 1. The van der Waals surface area contributed by atoms with Crippen molar-refractivity contribution in [2.75, 3.05) is 13.1 Å². The SMILES string of the molecule is CCc1ccc(CNC(=O)C2CCN(S(=O)(=O)c3ccc4c(c3)CCC4)CC2)s1. The number of carbonyl (C=O) groups is 1. The monoisotopic (exact) mass is 432 g/mol. The highest BCUT2D eigenvalue weighted by Crippen LogP contribution is 2.28. The minimum Gasteiger partial charge on any atom is -0.351 e. The Bertz CT molecular complexity index is 989. The standard InChI is InChI=1S/C22H28N2O3S2/c1-2-19-7-8-20(28-19)15-23-22(25)17-10-12-24(13-11-17)29(26,27)21-9-6-16-4-3-5-18(16)14-21/h6-9,14,17H,2-5,10-13,15H2,1H3,(H,23,25). The minimum atomic E-state index is -3.48. The van der Waals surface area contributed by atoms with Crippen LogP contribution in [0.3, 0.4) is 0 Å². The quantitative estimate of drug-likeness (QED) is 0.760. The van der Waals surface area contributed by atoms with E-state index >= 15 is 0 Å². The van der Waals surface area contributed by atoms with Crippen LogP contribution in [0.2, 0.25) is 0 Å². The lowest BCUT2D eigenvalue weighted by Crippen LogP contribution is -2.42. The first-order valence-corrected chi connectivity index (χ1v) is 12.7. The summed E-state index contributed by atoms with van der Waals surface area (Å²) < 4.78 is 27.6. The highest BCUT2D eigenvalue weighted by atomic mass is 32.2. The molecule has 1 aliphatic heterocycles. The van der Waals surface area contributed by atoms with Crippen LogP contribution in [0.1, 0.15) is 47.1 Å². The molecule has 1 aromatic carbocycles. The molecule has 0 spiro atoms. The van der Waals surface area contributed by atoms with Gasteiger partial charge in [-0.05, 0) is 73.9 Å². The number of nitrogens with zero attached hydrogens (tertiary/aromatic N) is 1. The van der Waals surface area contributed by atoms with Crippen LogP contribution in [0.25, 0.3) is 0 Å². The summed E-state index contributed by atoms with van der Waals surface area (Å²) >= 11 is 1.73. The van der Waals surface area contributed by atoms with Crippen LogP contribution in [-0.2, 0) is 40.6 Å². The molecule has 2 aromatic rings. The van der Waals surface area contributed by atoms with E-state index in [2.05, 4.69) is 24.4 Å². The molecule has 0 radical (unpaired) electrons. The second-order valence-electron chi connectivity index (χ2n) is 7.90. The molecule has 0 atom stereocenters. The fourth-order valence-electron chi connectivity index (χ4n) is 4.24. The lowest BCUT2D eigenvalue weighted by atomic mass is 9.97. The van der Waals surface area contributed by atoms with Crippen molar-refractivity contribution in [2.24, 2.45) is 5.92 Å². The maximum Gasteiger partial charge on any atom is 0.243 e. The lowest BCUT2D eigenvalue weighted by Gasteiger charge is -2.30. The van der Waals surface area contributed by atoms with Crippen LogP contribution in [0.4, 0.5) is 0 Å². The van der Waals surface area contributed by atoms with E-state index in [4.69, 9.17) is 0 Å². The van der Waals surface area contributed by atoms with Crippen molar-refractivity contribution in [2.45, 2.75) is 56.9 Å². The van der Waals surface area contributed by atoms with Gasteiger partial charge in [0.1, 0.15) is 0 Å². The fourth-order valence-corrected chi connectivity index (χ4v) is 6.66. The van der Waals surface area contributed by atoms with Crippen LogP contribution < -0.4 is 5.32 Å². The van der Waals surface area contributed by atoms with E-state index in [9.17, 15) is 13.2 Å². The molecule has 1 aliphatic carbocycles. The molecule has 1 aromatic heterocycles. The van der Waals surface area contributed by atoms with Crippen LogP contribution in [0.15, 0.2) is 35.2 Å². The first-order valence-electron chi connectivity index (χ1n) is 10.4. The average Bonchev–Trinajstić information content (AvgIpc) is 3.40. The van der Waals surface area contributed by atoms with Crippen LogP contribution >= 0.6 is 11.3 Å². The lowest BCUT2D eigenvalue weighted by molar-refractivity contribution is -0.126. The molecule has 2 heterocycles. The Hall–Kier alpha value is -1.70. The van der Waals surface area contributed by atoms with Gasteiger partial charge in [0.15, 0.2) is 0 Å². The number of benzene rings is 1. The van der Waals surface area contributed by atoms with Gasteiger partial charge in [-0.25, -0.2) is 8.42 Å². The second-order valence-corrected chi connectivity index (χ2v) is 11.1. The highest BCUT2D eigenvalue weighted by Gasteiger charge is 2.32. The molecule has 1 N–H and O–H groups in total. The summed E-state index contributed by atoms with van der Waals surface area (Å²) in [6.45, 7) is 3.48. The topological polar surface area (TPSA) is 66.5 Å². The molecule has 4 rings (SSSR count). The van der Waals surface area contributed by atoms with Gasteiger partial charge in [-0.1, -0.05) is 13.0 Å². The van der Waals surface area contributed by atoms with Gasteiger partial charge in [-0.15, -0.1) is 11.3 Å². The molecule has 2 aliphatic rings. The van der Waals surface area contributed by atoms with Crippen molar-refractivity contribution in [1.82, 2.24) is 9.62 Å². The van der Waals surface area contributed by atoms with Gasteiger partial charge in [0.05, 0.1) is 11.4 Å². The summed E-state index contributed by atoms with van der Waals surface area (Å²) in [5.41, 5.74) is 2.44. The predicted octanol–water partition coefficient (Wildman–Crippen LogP) is 3.52. The Balaban J connectivity index is 1.33. The number of carbonyl (C=O) groups excluding carboxylic acids is 1. The minimum absolute atomic E-state index is 0.0334. The van der Waals surface area contributed by atoms with E-state index in [1.807, 2.05) is 12.1 Å². The summed E-state index contributed by atoms with van der Waals surface area (Å²) in [6, 6.07) is 9.72. The summed E-state index contributed by atoms with van der Waals surface area (Å²) in [5.74, 6) is -0.0851. The Labute approximate surface area is 177 Å². The third kappa shape index (κ3) is 4.42.